The minimum atomic E-state index is -0.217. The van der Waals surface area contributed by atoms with Crippen LogP contribution in [0.4, 0.5) is 0 Å². The number of benzene rings is 1. The van der Waals surface area contributed by atoms with Crippen molar-refractivity contribution in [3.05, 3.63) is 23.8 Å². The molecule has 0 N–H and O–H groups in total. The van der Waals surface area contributed by atoms with Gasteiger partial charge in [0.05, 0.1) is 18.8 Å². The summed E-state index contributed by atoms with van der Waals surface area (Å²) in [6.07, 6.45) is 5.53. The molecule has 2 atom stereocenters. The molecular formula is C20H27NO4. The zero-order valence-corrected chi connectivity index (χ0v) is 15.1. The van der Waals surface area contributed by atoms with Crippen molar-refractivity contribution in [2.24, 2.45) is 0 Å². The molecule has 1 amide bonds. The van der Waals surface area contributed by atoms with E-state index in [9.17, 15) is 4.79 Å². The van der Waals surface area contributed by atoms with Crippen LogP contribution in [0.25, 0.3) is 0 Å². The van der Waals surface area contributed by atoms with Gasteiger partial charge in [0.1, 0.15) is 5.60 Å². The van der Waals surface area contributed by atoms with Gasteiger partial charge >= 0.3 is 0 Å². The van der Waals surface area contributed by atoms with Crippen LogP contribution in [0.15, 0.2) is 18.2 Å². The molecular weight excluding hydrogens is 318 g/mol. The molecule has 25 heavy (non-hydrogen) atoms. The van der Waals surface area contributed by atoms with Gasteiger partial charge in [-0.1, -0.05) is 25.0 Å². The fourth-order valence-electron chi connectivity index (χ4n) is 4.33. The van der Waals surface area contributed by atoms with Crippen LogP contribution in [0.1, 0.15) is 45.1 Å². The Morgan fingerprint density at radius 1 is 1.32 bits per heavy atom. The molecule has 0 unspecified atom stereocenters. The first-order valence-corrected chi connectivity index (χ1v) is 9.38. The molecule has 0 bridgehead atoms. The third-order valence-electron chi connectivity index (χ3n) is 5.46. The number of hydrogen-bond donors (Lipinski definition) is 0. The van der Waals surface area contributed by atoms with Gasteiger partial charge in [-0.25, -0.2) is 0 Å². The summed E-state index contributed by atoms with van der Waals surface area (Å²) in [6, 6.07) is 6.13. The number of carbonyl (C=O) groups excluding carboxylic acids is 1. The quantitative estimate of drug-likeness (QED) is 0.845. The van der Waals surface area contributed by atoms with Gasteiger partial charge in [-0.15, -0.1) is 0 Å². The Bertz CT molecular complexity index is 655. The molecule has 1 saturated heterocycles. The predicted octanol–water partition coefficient (Wildman–Crippen LogP) is 2.95. The molecule has 1 aromatic carbocycles. The normalized spacial score (nSPS) is 27.2. The summed E-state index contributed by atoms with van der Waals surface area (Å²) in [5.41, 5.74) is 0.930. The van der Waals surface area contributed by atoms with Crippen LogP contribution >= 0.6 is 0 Å². The van der Waals surface area contributed by atoms with Gasteiger partial charge in [0, 0.05) is 18.5 Å². The second kappa shape index (κ2) is 6.52. The summed E-state index contributed by atoms with van der Waals surface area (Å²) in [6.45, 7) is 5.49. The molecule has 2 heterocycles. The van der Waals surface area contributed by atoms with Gasteiger partial charge in [-0.3, -0.25) is 4.79 Å². The summed E-state index contributed by atoms with van der Waals surface area (Å²) in [7, 11) is 0. The number of rotatable bonds is 3. The number of morpholine rings is 1. The maximum atomic E-state index is 12.8. The predicted molar refractivity (Wildman–Crippen MR) is 94.1 cm³/mol. The molecule has 1 aromatic rings. The van der Waals surface area contributed by atoms with E-state index in [-0.39, 0.29) is 30.3 Å². The summed E-state index contributed by atoms with van der Waals surface area (Å²) in [4.78, 5) is 14.7. The Kier molecular flexibility index (Phi) is 4.36. The highest BCUT2D eigenvalue weighted by Gasteiger charge is 2.37. The molecule has 0 aromatic heterocycles. The lowest BCUT2D eigenvalue weighted by Crippen LogP contribution is -2.55. The smallest absolute Gasteiger partial charge is 0.260 e. The lowest BCUT2D eigenvalue weighted by molar-refractivity contribution is -0.151. The van der Waals surface area contributed by atoms with Gasteiger partial charge in [-0.05, 0) is 32.8 Å². The van der Waals surface area contributed by atoms with Gasteiger partial charge in [0.25, 0.3) is 5.91 Å². The van der Waals surface area contributed by atoms with Crippen LogP contribution in [0, 0.1) is 0 Å². The zero-order valence-electron chi connectivity index (χ0n) is 15.1. The number of carbonyl (C=O) groups is 1. The van der Waals surface area contributed by atoms with Crippen LogP contribution in [0.3, 0.4) is 0 Å². The van der Waals surface area contributed by atoms with Crippen LogP contribution in [0.2, 0.25) is 0 Å². The van der Waals surface area contributed by atoms with E-state index in [1.54, 1.807) is 0 Å². The largest absolute Gasteiger partial charge is 0.483 e. The van der Waals surface area contributed by atoms with E-state index in [4.69, 9.17) is 14.2 Å². The minimum absolute atomic E-state index is 0.0510. The molecule has 1 saturated carbocycles. The summed E-state index contributed by atoms with van der Waals surface area (Å²) in [5, 5.41) is 0. The van der Waals surface area contributed by atoms with Gasteiger partial charge < -0.3 is 19.1 Å². The van der Waals surface area contributed by atoms with Crippen molar-refractivity contribution in [1.82, 2.24) is 4.90 Å². The number of para-hydroxylation sites is 1. The van der Waals surface area contributed by atoms with Gasteiger partial charge in [0.2, 0.25) is 0 Å². The third kappa shape index (κ3) is 3.34. The Balaban J connectivity index is 1.42. The fraction of sp³-hybridized carbons (Fsp3) is 0.650. The average molecular weight is 345 g/mol. The summed E-state index contributed by atoms with van der Waals surface area (Å²) in [5.74, 6) is 1.51. The highest BCUT2D eigenvalue weighted by Crippen LogP contribution is 2.41. The molecule has 1 aliphatic carbocycles. The summed E-state index contributed by atoms with van der Waals surface area (Å²) >= 11 is 0. The molecule has 3 aliphatic rings. The van der Waals surface area contributed by atoms with Crippen molar-refractivity contribution in [2.75, 3.05) is 19.8 Å². The van der Waals surface area contributed by atoms with E-state index in [1.165, 1.54) is 12.8 Å². The topological polar surface area (TPSA) is 48.0 Å². The van der Waals surface area contributed by atoms with Crippen LogP contribution < -0.4 is 9.47 Å². The number of nitrogens with zero attached hydrogens (tertiary/aromatic N) is 1. The molecule has 2 fully saturated rings. The fourth-order valence-corrected chi connectivity index (χ4v) is 4.33. The lowest BCUT2D eigenvalue weighted by atomic mass is 9.90. The highest BCUT2D eigenvalue weighted by atomic mass is 16.5. The number of fused-ring (bicyclic) bond motifs is 2. The van der Waals surface area contributed by atoms with Crippen LogP contribution in [-0.4, -0.2) is 48.3 Å². The van der Waals surface area contributed by atoms with Gasteiger partial charge in [-0.2, -0.15) is 0 Å². The zero-order chi connectivity index (χ0) is 17.4. The number of hydrogen-bond acceptors (Lipinski definition) is 4. The number of amides is 1. The Hall–Kier alpha value is -1.75. The second-order valence-corrected chi connectivity index (χ2v) is 7.92. The molecule has 2 aliphatic heterocycles. The van der Waals surface area contributed by atoms with Crippen molar-refractivity contribution in [3.8, 4) is 11.5 Å². The van der Waals surface area contributed by atoms with Crippen molar-refractivity contribution in [2.45, 2.75) is 63.7 Å². The molecule has 0 radical (unpaired) electrons. The molecule has 4 rings (SSSR count). The van der Waals surface area contributed by atoms with Crippen LogP contribution in [-0.2, 0) is 16.0 Å². The van der Waals surface area contributed by atoms with E-state index in [2.05, 4.69) is 19.9 Å². The first-order chi connectivity index (χ1) is 12.0. The van der Waals surface area contributed by atoms with E-state index < -0.39 is 0 Å². The monoisotopic (exact) mass is 345 g/mol. The summed E-state index contributed by atoms with van der Waals surface area (Å²) < 4.78 is 17.8. The Morgan fingerprint density at radius 3 is 3.04 bits per heavy atom. The molecule has 136 valence electrons. The average Bonchev–Trinajstić information content (AvgIpc) is 2.93. The second-order valence-electron chi connectivity index (χ2n) is 7.92. The Labute approximate surface area is 149 Å². The molecule has 5 heteroatoms. The highest BCUT2D eigenvalue weighted by molar-refractivity contribution is 5.78. The lowest BCUT2D eigenvalue weighted by Gasteiger charge is -2.43. The molecule has 5 nitrogen and oxygen atoms in total. The van der Waals surface area contributed by atoms with E-state index in [1.807, 2.05) is 17.0 Å². The third-order valence-corrected chi connectivity index (χ3v) is 5.46. The van der Waals surface area contributed by atoms with Crippen molar-refractivity contribution < 1.29 is 19.0 Å². The minimum Gasteiger partial charge on any atom is -0.483 e. The maximum absolute atomic E-state index is 12.8. The first kappa shape index (κ1) is 16.7. The molecule has 0 spiro atoms. The van der Waals surface area contributed by atoms with Crippen LogP contribution in [0.5, 0.6) is 11.5 Å². The van der Waals surface area contributed by atoms with E-state index in [0.29, 0.717) is 18.9 Å². The van der Waals surface area contributed by atoms with Crippen molar-refractivity contribution in [3.63, 3.8) is 0 Å². The maximum Gasteiger partial charge on any atom is 0.260 e. The van der Waals surface area contributed by atoms with E-state index in [0.717, 1.165) is 30.6 Å². The van der Waals surface area contributed by atoms with Crippen molar-refractivity contribution in [1.29, 1.82) is 0 Å². The first-order valence-electron chi connectivity index (χ1n) is 9.38. The Morgan fingerprint density at radius 2 is 2.16 bits per heavy atom. The van der Waals surface area contributed by atoms with E-state index >= 15 is 0 Å². The van der Waals surface area contributed by atoms with Crippen molar-refractivity contribution >= 4 is 5.91 Å². The number of ether oxygens (including phenoxy) is 3. The standard InChI is InChI=1S/C20H27NO4/c1-20(2)12-14-6-5-9-17(19(14)25-20)24-13-18(22)21-10-11-23-16-8-4-3-7-15(16)21/h5-6,9,15-16H,3-4,7-8,10-13H2,1-2H3/t15-,16+/m1/s1. The SMILES string of the molecule is CC1(C)Cc2cccc(OCC(=O)N3CCO[C@H]4CCCC[C@H]43)c2O1. The van der Waals surface area contributed by atoms with Gasteiger partial charge in [0.15, 0.2) is 18.1 Å².